The first-order valence-electron chi connectivity index (χ1n) is 6.27. The van der Waals surface area contributed by atoms with Gasteiger partial charge in [0, 0.05) is 15.7 Å². The lowest BCUT2D eigenvalue weighted by atomic mass is 10.1. The van der Waals surface area contributed by atoms with E-state index in [2.05, 4.69) is 26.0 Å². The van der Waals surface area contributed by atoms with Crippen molar-refractivity contribution in [2.75, 3.05) is 12.4 Å². The van der Waals surface area contributed by atoms with Crippen molar-refractivity contribution >= 4 is 33.5 Å². The van der Waals surface area contributed by atoms with Gasteiger partial charge < -0.3 is 10.1 Å². The molecule has 0 fully saturated rings. The zero-order chi connectivity index (χ0) is 15.4. The van der Waals surface area contributed by atoms with Crippen LogP contribution in [-0.2, 0) is 4.74 Å². The van der Waals surface area contributed by atoms with E-state index < -0.39 is 5.97 Å². The van der Waals surface area contributed by atoms with Crippen molar-refractivity contribution in [3.05, 3.63) is 63.6 Å². The number of ether oxygens (including phenoxy) is 1. The van der Waals surface area contributed by atoms with Gasteiger partial charge in [0.15, 0.2) is 0 Å². The first-order chi connectivity index (χ1) is 10.0. The fraction of sp³-hybridized carbons (Fsp3) is 0.125. The summed E-state index contributed by atoms with van der Waals surface area (Å²) in [4.78, 5) is 23.7. The molecule has 0 radical (unpaired) electrons. The fourth-order valence-corrected chi connectivity index (χ4v) is 2.08. The van der Waals surface area contributed by atoms with Crippen LogP contribution in [0.3, 0.4) is 0 Å². The summed E-state index contributed by atoms with van der Waals surface area (Å²) in [5.74, 6) is -0.744. The Morgan fingerprint density at radius 2 is 1.81 bits per heavy atom. The van der Waals surface area contributed by atoms with E-state index in [1.165, 1.54) is 13.2 Å². The van der Waals surface area contributed by atoms with E-state index >= 15 is 0 Å². The third-order valence-corrected chi connectivity index (χ3v) is 3.85. The van der Waals surface area contributed by atoms with E-state index in [0.29, 0.717) is 16.8 Å². The monoisotopic (exact) mass is 347 g/mol. The van der Waals surface area contributed by atoms with E-state index in [1.54, 1.807) is 24.3 Å². The van der Waals surface area contributed by atoms with Crippen molar-refractivity contribution in [3.63, 3.8) is 0 Å². The summed E-state index contributed by atoms with van der Waals surface area (Å²) in [6, 6.07) is 11.9. The Hall–Kier alpha value is -2.14. The molecule has 0 aliphatic carbocycles. The lowest BCUT2D eigenvalue weighted by Crippen LogP contribution is -2.13. The maximum atomic E-state index is 12.2. The first kappa shape index (κ1) is 15.3. The number of carbonyl (C=O) groups excluding carboxylic acids is 2. The number of esters is 1. The molecule has 0 aliphatic heterocycles. The Kier molecular flexibility index (Phi) is 4.75. The van der Waals surface area contributed by atoms with Crippen molar-refractivity contribution in [1.82, 2.24) is 0 Å². The van der Waals surface area contributed by atoms with Crippen LogP contribution in [0.25, 0.3) is 0 Å². The normalized spacial score (nSPS) is 10.0. The van der Waals surface area contributed by atoms with Crippen LogP contribution >= 0.6 is 15.9 Å². The summed E-state index contributed by atoms with van der Waals surface area (Å²) in [7, 11) is 1.31. The molecule has 0 bridgehead atoms. The SMILES string of the molecule is COC(=O)c1cccc(C(=O)Nc2ccc(Br)c(C)c2)c1. The minimum atomic E-state index is -0.468. The topological polar surface area (TPSA) is 55.4 Å². The van der Waals surface area contributed by atoms with Crippen molar-refractivity contribution in [2.24, 2.45) is 0 Å². The van der Waals surface area contributed by atoms with Crippen LogP contribution in [0.4, 0.5) is 5.69 Å². The molecule has 0 aliphatic rings. The van der Waals surface area contributed by atoms with Gasteiger partial charge in [0.1, 0.15) is 0 Å². The van der Waals surface area contributed by atoms with Gasteiger partial charge in [0.05, 0.1) is 12.7 Å². The molecule has 1 N–H and O–H groups in total. The maximum absolute atomic E-state index is 12.2. The van der Waals surface area contributed by atoms with Gasteiger partial charge in [-0.2, -0.15) is 0 Å². The van der Waals surface area contributed by atoms with Gasteiger partial charge in [-0.15, -0.1) is 0 Å². The summed E-state index contributed by atoms with van der Waals surface area (Å²) in [6.45, 7) is 1.94. The zero-order valence-electron chi connectivity index (χ0n) is 11.6. The second-order valence-electron chi connectivity index (χ2n) is 4.49. The minimum absolute atomic E-state index is 0.275. The first-order valence-corrected chi connectivity index (χ1v) is 7.06. The second kappa shape index (κ2) is 6.54. The zero-order valence-corrected chi connectivity index (χ0v) is 13.2. The molecule has 21 heavy (non-hydrogen) atoms. The van der Waals surface area contributed by atoms with Gasteiger partial charge in [-0.05, 0) is 48.9 Å². The number of aryl methyl sites for hydroxylation is 1. The number of rotatable bonds is 3. The van der Waals surface area contributed by atoms with Crippen LogP contribution < -0.4 is 5.32 Å². The molecule has 5 heteroatoms. The molecule has 4 nitrogen and oxygen atoms in total. The lowest BCUT2D eigenvalue weighted by Gasteiger charge is -2.08. The average Bonchev–Trinajstić information content (AvgIpc) is 2.50. The molecule has 0 unspecified atom stereocenters. The predicted octanol–water partition coefficient (Wildman–Crippen LogP) is 3.80. The molecule has 108 valence electrons. The van der Waals surface area contributed by atoms with Crippen LogP contribution in [-0.4, -0.2) is 19.0 Å². The number of carbonyl (C=O) groups is 2. The number of amides is 1. The molecule has 2 aromatic rings. The largest absolute Gasteiger partial charge is 0.465 e. The minimum Gasteiger partial charge on any atom is -0.465 e. The Labute approximate surface area is 131 Å². The van der Waals surface area contributed by atoms with Crippen LogP contribution in [0.15, 0.2) is 46.9 Å². The number of hydrogen-bond donors (Lipinski definition) is 1. The summed E-state index contributed by atoms with van der Waals surface area (Å²) in [5.41, 5.74) is 2.47. The van der Waals surface area contributed by atoms with Crippen LogP contribution in [0, 0.1) is 6.92 Å². The highest BCUT2D eigenvalue weighted by Crippen LogP contribution is 2.20. The van der Waals surface area contributed by atoms with Gasteiger partial charge in [0.25, 0.3) is 5.91 Å². The quantitative estimate of drug-likeness (QED) is 0.859. The van der Waals surface area contributed by atoms with Gasteiger partial charge in [-0.3, -0.25) is 4.79 Å². The number of anilines is 1. The molecular formula is C16H14BrNO3. The Morgan fingerprint density at radius 3 is 2.48 bits per heavy atom. The Morgan fingerprint density at radius 1 is 1.10 bits per heavy atom. The van der Waals surface area contributed by atoms with E-state index in [4.69, 9.17) is 0 Å². The van der Waals surface area contributed by atoms with Crippen molar-refractivity contribution in [2.45, 2.75) is 6.92 Å². The highest BCUT2D eigenvalue weighted by atomic mass is 79.9. The van der Waals surface area contributed by atoms with Crippen LogP contribution in [0.2, 0.25) is 0 Å². The molecule has 0 saturated carbocycles. The standard InChI is InChI=1S/C16H14BrNO3/c1-10-8-13(6-7-14(10)17)18-15(19)11-4-3-5-12(9-11)16(20)21-2/h3-9H,1-2H3,(H,18,19). The predicted molar refractivity (Wildman–Crippen MR) is 84.6 cm³/mol. The molecule has 2 aromatic carbocycles. The molecule has 0 atom stereocenters. The number of nitrogens with one attached hydrogen (secondary N) is 1. The average molecular weight is 348 g/mol. The number of hydrogen-bond acceptors (Lipinski definition) is 3. The molecule has 0 spiro atoms. The molecule has 2 rings (SSSR count). The third kappa shape index (κ3) is 3.70. The molecular weight excluding hydrogens is 334 g/mol. The van der Waals surface area contributed by atoms with Crippen molar-refractivity contribution in [1.29, 1.82) is 0 Å². The molecule has 0 heterocycles. The van der Waals surface area contributed by atoms with E-state index in [0.717, 1.165) is 10.0 Å². The van der Waals surface area contributed by atoms with Crippen molar-refractivity contribution < 1.29 is 14.3 Å². The van der Waals surface area contributed by atoms with Gasteiger partial charge in [0.2, 0.25) is 0 Å². The Bertz CT molecular complexity index is 698. The maximum Gasteiger partial charge on any atom is 0.337 e. The van der Waals surface area contributed by atoms with Gasteiger partial charge >= 0.3 is 5.97 Å². The van der Waals surface area contributed by atoms with Crippen LogP contribution in [0.5, 0.6) is 0 Å². The number of methoxy groups -OCH3 is 1. The molecule has 0 aromatic heterocycles. The summed E-state index contributed by atoms with van der Waals surface area (Å²) >= 11 is 3.41. The van der Waals surface area contributed by atoms with Crippen molar-refractivity contribution in [3.8, 4) is 0 Å². The third-order valence-electron chi connectivity index (χ3n) is 2.96. The molecule has 1 amide bonds. The number of halogens is 1. The van der Waals surface area contributed by atoms with E-state index in [9.17, 15) is 9.59 Å². The van der Waals surface area contributed by atoms with E-state index in [1.807, 2.05) is 19.1 Å². The number of benzene rings is 2. The smallest absolute Gasteiger partial charge is 0.337 e. The van der Waals surface area contributed by atoms with E-state index in [-0.39, 0.29) is 5.91 Å². The second-order valence-corrected chi connectivity index (χ2v) is 5.34. The highest BCUT2D eigenvalue weighted by Gasteiger charge is 2.11. The summed E-state index contributed by atoms with van der Waals surface area (Å²) in [5, 5.41) is 2.80. The summed E-state index contributed by atoms with van der Waals surface area (Å²) in [6.07, 6.45) is 0. The van der Waals surface area contributed by atoms with Gasteiger partial charge in [-0.25, -0.2) is 4.79 Å². The molecule has 0 saturated heterocycles. The van der Waals surface area contributed by atoms with Crippen LogP contribution in [0.1, 0.15) is 26.3 Å². The van der Waals surface area contributed by atoms with Gasteiger partial charge in [-0.1, -0.05) is 22.0 Å². The Balaban J connectivity index is 2.20. The lowest BCUT2D eigenvalue weighted by molar-refractivity contribution is 0.0600. The fourth-order valence-electron chi connectivity index (χ4n) is 1.83. The summed E-state index contributed by atoms with van der Waals surface area (Å²) < 4.78 is 5.62. The highest BCUT2D eigenvalue weighted by molar-refractivity contribution is 9.10.